The quantitative estimate of drug-likeness (QED) is 0.615. The third-order valence-corrected chi connectivity index (χ3v) is 2.92. The van der Waals surface area contributed by atoms with E-state index in [0.29, 0.717) is 6.42 Å². The molecule has 4 heteroatoms. The zero-order valence-corrected chi connectivity index (χ0v) is 10.7. The van der Waals surface area contributed by atoms with Crippen molar-refractivity contribution in [1.82, 2.24) is 0 Å². The predicted molar refractivity (Wildman–Crippen MR) is 70.1 cm³/mol. The van der Waals surface area contributed by atoms with E-state index in [0.717, 1.165) is 5.56 Å². The van der Waals surface area contributed by atoms with E-state index in [2.05, 4.69) is 0 Å². The van der Waals surface area contributed by atoms with Crippen LogP contribution >= 0.6 is 0 Å². The summed E-state index contributed by atoms with van der Waals surface area (Å²) < 4.78 is 10.1. The van der Waals surface area contributed by atoms with Crippen molar-refractivity contribution in [2.75, 3.05) is 6.61 Å². The maximum Gasteiger partial charge on any atom is 0.330 e. The normalized spacial score (nSPS) is 22.5. The Morgan fingerprint density at radius 1 is 1.42 bits per heavy atom. The molecule has 0 saturated carbocycles. The van der Waals surface area contributed by atoms with Crippen LogP contribution in [0.15, 0.2) is 36.4 Å². The van der Waals surface area contributed by atoms with E-state index in [1.807, 2.05) is 30.3 Å². The fraction of sp³-hybridized carbons (Fsp3) is 0.333. The first-order valence-corrected chi connectivity index (χ1v) is 6.25. The smallest absolute Gasteiger partial charge is 0.330 e. The zero-order chi connectivity index (χ0) is 13.7. The van der Waals surface area contributed by atoms with Gasteiger partial charge in [-0.25, -0.2) is 4.79 Å². The molecule has 0 aromatic heterocycles. The summed E-state index contributed by atoms with van der Waals surface area (Å²) in [5.41, 5.74) is 0.931. The summed E-state index contributed by atoms with van der Waals surface area (Å²) in [4.78, 5) is 22.6. The highest BCUT2D eigenvalue weighted by atomic mass is 16.6. The van der Waals surface area contributed by atoms with Crippen molar-refractivity contribution < 1.29 is 19.1 Å². The summed E-state index contributed by atoms with van der Waals surface area (Å²) in [7, 11) is 0. The third-order valence-electron chi connectivity index (χ3n) is 2.92. The molecule has 1 aliphatic rings. The van der Waals surface area contributed by atoms with Gasteiger partial charge in [-0.3, -0.25) is 4.79 Å². The fourth-order valence-electron chi connectivity index (χ4n) is 1.87. The van der Waals surface area contributed by atoms with Crippen LogP contribution in [0.5, 0.6) is 0 Å². The minimum absolute atomic E-state index is 0.108. The van der Waals surface area contributed by atoms with Gasteiger partial charge in [0.1, 0.15) is 12.7 Å². The van der Waals surface area contributed by atoms with E-state index in [1.165, 1.54) is 6.08 Å². The van der Waals surface area contributed by atoms with Gasteiger partial charge in [-0.05, 0) is 11.6 Å². The summed E-state index contributed by atoms with van der Waals surface area (Å²) in [6, 6.07) is 9.48. The molecule has 1 fully saturated rings. The topological polar surface area (TPSA) is 52.6 Å². The standard InChI is InChI=1S/C15H16O4/c1-11-9-13(19-15(11)17)10-18-14(16)8-7-12-5-3-2-4-6-12/h2-8,11,13H,9-10H2,1H3/b8-7+/t11-,13-/m0/s1. The maximum absolute atomic E-state index is 11.5. The number of rotatable bonds is 4. The second kappa shape index (κ2) is 6.18. The van der Waals surface area contributed by atoms with Gasteiger partial charge in [0.25, 0.3) is 0 Å². The van der Waals surface area contributed by atoms with Crippen LogP contribution in [-0.4, -0.2) is 24.6 Å². The largest absolute Gasteiger partial charge is 0.459 e. The molecule has 1 aromatic rings. The Kier molecular flexibility index (Phi) is 4.34. The number of esters is 2. The van der Waals surface area contributed by atoms with Crippen molar-refractivity contribution in [3.63, 3.8) is 0 Å². The first-order chi connectivity index (χ1) is 9.15. The Morgan fingerprint density at radius 2 is 2.16 bits per heavy atom. The lowest BCUT2D eigenvalue weighted by Gasteiger charge is -2.08. The summed E-state index contributed by atoms with van der Waals surface area (Å²) >= 11 is 0. The molecule has 0 amide bonds. The molecule has 1 saturated heterocycles. The van der Waals surface area contributed by atoms with Gasteiger partial charge in [-0.1, -0.05) is 37.3 Å². The Hall–Kier alpha value is -2.10. The van der Waals surface area contributed by atoms with Crippen LogP contribution in [0, 0.1) is 5.92 Å². The minimum atomic E-state index is -0.431. The monoisotopic (exact) mass is 260 g/mol. The highest BCUT2D eigenvalue weighted by molar-refractivity contribution is 5.87. The van der Waals surface area contributed by atoms with Crippen molar-refractivity contribution in [3.8, 4) is 0 Å². The number of carbonyl (C=O) groups is 2. The van der Waals surface area contributed by atoms with Crippen LogP contribution in [0.4, 0.5) is 0 Å². The summed E-state index contributed by atoms with van der Waals surface area (Å²) in [5.74, 6) is -0.760. The van der Waals surface area contributed by atoms with Gasteiger partial charge in [0.2, 0.25) is 0 Å². The molecule has 1 aliphatic heterocycles. The van der Waals surface area contributed by atoms with Crippen LogP contribution in [0.3, 0.4) is 0 Å². The molecule has 4 nitrogen and oxygen atoms in total. The number of ether oxygens (including phenoxy) is 2. The molecule has 100 valence electrons. The van der Waals surface area contributed by atoms with Gasteiger partial charge in [0.15, 0.2) is 0 Å². The lowest BCUT2D eigenvalue weighted by Crippen LogP contribution is -2.17. The Labute approximate surface area is 112 Å². The second-order valence-electron chi connectivity index (χ2n) is 4.57. The number of hydrogen-bond acceptors (Lipinski definition) is 4. The van der Waals surface area contributed by atoms with Crippen LogP contribution in [0.25, 0.3) is 6.08 Å². The fourth-order valence-corrected chi connectivity index (χ4v) is 1.87. The van der Waals surface area contributed by atoms with Gasteiger partial charge >= 0.3 is 11.9 Å². The van der Waals surface area contributed by atoms with Gasteiger partial charge in [0.05, 0.1) is 5.92 Å². The molecular weight excluding hydrogens is 244 g/mol. The molecule has 0 aliphatic carbocycles. The molecule has 0 unspecified atom stereocenters. The Bertz CT molecular complexity index is 478. The second-order valence-corrected chi connectivity index (χ2v) is 4.57. The minimum Gasteiger partial charge on any atom is -0.459 e. The summed E-state index contributed by atoms with van der Waals surface area (Å²) in [5, 5.41) is 0. The maximum atomic E-state index is 11.5. The molecule has 0 N–H and O–H groups in total. The van der Waals surface area contributed by atoms with Crippen molar-refractivity contribution >= 4 is 18.0 Å². The van der Waals surface area contributed by atoms with E-state index >= 15 is 0 Å². The first-order valence-electron chi connectivity index (χ1n) is 6.25. The molecule has 0 radical (unpaired) electrons. The van der Waals surface area contributed by atoms with Gasteiger partial charge in [0, 0.05) is 12.5 Å². The van der Waals surface area contributed by atoms with Crippen molar-refractivity contribution in [3.05, 3.63) is 42.0 Å². The highest BCUT2D eigenvalue weighted by Crippen LogP contribution is 2.20. The summed E-state index contributed by atoms with van der Waals surface area (Å²) in [6.07, 6.45) is 3.35. The number of hydrogen-bond donors (Lipinski definition) is 0. The van der Waals surface area contributed by atoms with Crippen molar-refractivity contribution in [2.45, 2.75) is 19.4 Å². The summed E-state index contributed by atoms with van der Waals surface area (Å²) in [6.45, 7) is 1.92. The average Bonchev–Trinajstić information content (AvgIpc) is 2.74. The molecule has 2 rings (SSSR count). The molecule has 19 heavy (non-hydrogen) atoms. The number of carbonyl (C=O) groups excluding carboxylic acids is 2. The van der Waals surface area contributed by atoms with Crippen molar-refractivity contribution in [2.24, 2.45) is 5.92 Å². The third kappa shape index (κ3) is 3.95. The van der Waals surface area contributed by atoms with Crippen LogP contribution in [0.1, 0.15) is 18.9 Å². The predicted octanol–water partition coefficient (Wildman–Crippen LogP) is 2.19. The highest BCUT2D eigenvalue weighted by Gasteiger charge is 2.31. The lowest BCUT2D eigenvalue weighted by molar-refractivity contribution is -0.150. The molecule has 0 spiro atoms. The van der Waals surface area contributed by atoms with E-state index in [4.69, 9.17) is 9.47 Å². The van der Waals surface area contributed by atoms with Crippen LogP contribution in [-0.2, 0) is 19.1 Å². The van der Waals surface area contributed by atoms with Crippen LogP contribution in [0.2, 0.25) is 0 Å². The zero-order valence-electron chi connectivity index (χ0n) is 10.7. The molecule has 1 aromatic carbocycles. The van der Waals surface area contributed by atoms with Crippen molar-refractivity contribution in [1.29, 1.82) is 0 Å². The molecule has 1 heterocycles. The first kappa shape index (κ1) is 13.3. The van der Waals surface area contributed by atoms with E-state index in [1.54, 1.807) is 13.0 Å². The van der Waals surface area contributed by atoms with Gasteiger partial charge < -0.3 is 9.47 Å². The van der Waals surface area contributed by atoms with E-state index < -0.39 is 5.97 Å². The Balaban J connectivity index is 1.76. The van der Waals surface area contributed by atoms with Gasteiger partial charge in [-0.15, -0.1) is 0 Å². The molecule has 0 bridgehead atoms. The average molecular weight is 260 g/mol. The molecule has 2 atom stereocenters. The van der Waals surface area contributed by atoms with E-state index in [9.17, 15) is 9.59 Å². The van der Waals surface area contributed by atoms with Gasteiger partial charge in [-0.2, -0.15) is 0 Å². The lowest BCUT2D eigenvalue weighted by atomic mass is 10.1. The number of cyclic esters (lactones) is 1. The van der Waals surface area contributed by atoms with Crippen LogP contribution < -0.4 is 0 Å². The number of benzene rings is 1. The Morgan fingerprint density at radius 3 is 2.79 bits per heavy atom. The SMILES string of the molecule is C[C@H]1C[C@@H](COC(=O)/C=C/c2ccccc2)OC1=O. The molecular formula is C15H16O4. The van der Waals surface area contributed by atoms with E-state index in [-0.39, 0.29) is 24.6 Å².